The zero-order valence-electron chi connectivity index (χ0n) is 29.3. The fraction of sp³-hybridized carbons (Fsp3) is 0.400. The molecule has 0 radical (unpaired) electrons. The van der Waals surface area contributed by atoms with Crippen LogP contribution in [0.25, 0.3) is 0 Å². The van der Waals surface area contributed by atoms with Crippen molar-refractivity contribution in [3.05, 3.63) is 110 Å². The van der Waals surface area contributed by atoms with Crippen LogP contribution < -0.4 is 14.8 Å². The summed E-state index contributed by atoms with van der Waals surface area (Å²) in [5.41, 5.74) is 1.17. The Balaban J connectivity index is 1.30. The monoisotopic (exact) mass is 757 g/mol. The van der Waals surface area contributed by atoms with Crippen LogP contribution in [0.5, 0.6) is 11.6 Å². The van der Waals surface area contributed by atoms with Crippen LogP contribution in [0.4, 0.5) is 4.39 Å². The smallest absolute Gasteiger partial charge is 0.265 e. The maximum Gasteiger partial charge on any atom is 0.265 e. The SMILES string of the molecule is CC(C)NCc1c(F)c(Br)c2c(c1OCc1ccccc1)C(=O)C1C(=O)C3(C)C(=O)c4c(OCc5ccccc5)noc4C(N(C)C)C3CC1C2. The van der Waals surface area contributed by atoms with Crippen LogP contribution in [0.3, 0.4) is 0 Å². The molecule has 1 heterocycles. The highest BCUT2D eigenvalue weighted by atomic mass is 79.9. The predicted molar refractivity (Wildman–Crippen MR) is 191 cm³/mol. The number of halogens is 2. The fourth-order valence-electron chi connectivity index (χ4n) is 8.22. The van der Waals surface area contributed by atoms with Crippen LogP contribution in [0, 0.1) is 29.0 Å². The summed E-state index contributed by atoms with van der Waals surface area (Å²) < 4.78 is 34.7. The molecule has 5 unspecified atom stereocenters. The van der Waals surface area contributed by atoms with Crippen molar-refractivity contribution in [1.29, 1.82) is 0 Å². The molecule has 0 bridgehead atoms. The fourth-order valence-corrected chi connectivity index (χ4v) is 8.82. The number of carbonyl (C=O) groups excluding carboxylic acids is 3. The average Bonchev–Trinajstić information content (AvgIpc) is 3.53. The van der Waals surface area contributed by atoms with Gasteiger partial charge in [-0.25, -0.2) is 4.39 Å². The molecule has 3 aliphatic carbocycles. The van der Waals surface area contributed by atoms with Crippen molar-refractivity contribution in [3.8, 4) is 11.6 Å². The van der Waals surface area contributed by atoms with Gasteiger partial charge < -0.3 is 19.3 Å². The van der Waals surface area contributed by atoms with E-state index in [1.54, 1.807) is 6.92 Å². The molecule has 0 amide bonds. The number of aromatic nitrogens is 1. The first-order valence-corrected chi connectivity index (χ1v) is 18.1. The second-order valence-corrected chi connectivity index (χ2v) is 15.3. The van der Waals surface area contributed by atoms with Crippen LogP contribution >= 0.6 is 15.9 Å². The molecule has 1 fully saturated rings. The van der Waals surface area contributed by atoms with Crippen molar-refractivity contribution in [3.63, 3.8) is 0 Å². The topological polar surface area (TPSA) is 111 Å². The van der Waals surface area contributed by atoms with E-state index in [0.29, 0.717) is 17.7 Å². The second kappa shape index (κ2) is 13.7. The normalized spacial score (nSPS) is 23.9. The Morgan fingerprint density at radius 2 is 1.63 bits per heavy atom. The van der Waals surface area contributed by atoms with Crippen LogP contribution in [-0.2, 0) is 31.0 Å². The molecule has 0 spiro atoms. The van der Waals surface area contributed by atoms with E-state index in [-0.39, 0.29) is 65.0 Å². The van der Waals surface area contributed by atoms with E-state index < -0.39 is 52.4 Å². The standard InChI is InChI=1S/C40H41BrFN3O6/c1-21(2)43-18-26-32(42)31(41)25-16-24-17-27-33(45(4)5)36-30(39(44-51-36)50-20-23-14-10-7-11-15-23)38(48)40(27,3)37(47)28(24)34(46)29(25)35(26)49-19-22-12-8-6-9-13-22/h6-15,21,24,27-28,33,43H,16-20H2,1-5H3. The van der Waals surface area contributed by atoms with Gasteiger partial charge in [0.15, 0.2) is 23.1 Å². The van der Waals surface area contributed by atoms with Crippen molar-refractivity contribution in [2.45, 2.75) is 65.5 Å². The second-order valence-electron chi connectivity index (χ2n) is 14.6. The largest absolute Gasteiger partial charge is 0.488 e. The number of hydrogen-bond acceptors (Lipinski definition) is 9. The number of benzene rings is 3. The van der Waals surface area contributed by atoms with Gasteiger partial charge in [0.25, 0.3) is 5.88 Å². The number of nitrogens with zero attached hydrogens (tertiary/aromatic N) is 2. The number of nitrogens with one attached hydrogen (secondary N) is 1. The lowest BCUT2D eigenvalue weighted by Gasteiger charge is -2.52. The van der Waals surface area contributed by atoms with Gasteiger partial charge >= 0.3 is 0 Å². The Labute approximate surface area is 305 Å². The maximum absolute atomic E-state index is 16.3. The van der Waals surface area contributed by atoms with Crippen molar-refractivity contribution >= 4 is 33.3 Å². The van der Waals surface area contributed by atoms with Crippen molar-refractivity contribution in [2.75, 3.05) is 14.1 Å². The van der Waals surface area contributed by atoms with Gasteiger partial charge in [-0.15, -0.1) is 0 Å². The van der Waals surface area contributed by atoms with Gasteiger partial charge in [0, 0.05) is 24.1 Å². The van der Waals surface area contributed by atoms with Crippen molar-refractivity contribution in [2.24, 2.45) is 23.2 Å². The van der Waals surface area contributed by atoms with Crippen LogP contribution in [0.1, 0.15) is 82.0 Å². The van der Waals surface area contributed by atoms with Gasteiger partial charge in [0.05, 0.1) is 27.4 Å². The quantitative estimate of drug-likeness (QED) is 0.167. The molecule has 3 aliphatic rings. The first-order valence-electron chi connectivity index (χ1n) is 17.3. The molecule has 5 atom stereocenters. The zero-order valence-corrected chi connectivity index (χ0v) is 30.9. The van der Waals surface area contributed by atoms with E-state index in [2.05, 4.69) is 26.4 Å². The van der Waals surface area contributed by atoms with E-state index in [4.69, 9.17) is 14.0 Å². The van der Waals surface area contributed by atoms with E-state index in [1.165, 1.54) is 0 Å². The summed E-state index contributed by atoms with van der Waals surface area (Å²) in [6.45, 7) is 5.91. The highest BCUT2D eigenvalue weighted by Gasteiger charge is 2.65. The number of ether oxygens (including phenoxy) is 2. The molecule has 1 N–H and O–H groups in total. The van der Waals surface area contributed by atoms with E-state index >= 15 is 4.39 Å². The van der Waals surface area contributed by atoms with Gasteiger partial charge in [0.1, 0.15) is 30.3 Å². The van der Waals surface area contributed by atoms with E-state index in [0.717, 1.165) is 11.1 Å². The maximum atomic E-state index is 16.3. The molecule has 51 heavy (non-hydrogen) atoms. The summed E-state index contributed by atoms with van der Waals surface area (Å²) in [6.07, 6.45) is 0.613. The summed E-state index contributed by atoms with van der Waals surface area (Å²) in [5, 5.41) is 7.43. The molecule has 0 aliphatic heterocycles. The molecule has 9 nitrogen and oxygen atoms in total. The van der Waals surface area contributed by atoms with Gasteiger partial charge in [-0.05, 0) is 77.6 Å². The number of carbonyl (C=O) groups is 3. The molecule has 266 valence electrons. The molecular formula is C40H41BrFN3O6. The van der Waals surface area contributed by atoms with Gasteiger partial charge in [0.2, 0.25) is 0 Å². The lowest BCUT2D eigenvalue weighted by molar-refractivity contribution is -0.140. The lowest BCUT2D eigenvalue weighted by Crippen LogP contribution is -2.60. The molecular weight excluding hydrogens is 717 g/mol. The molecule has 1 saturated carbocycles. The summed E-state index contributed by atoms with van der Waals surface area (Å²) in [6, 6.07) is 18.5. The van der Waals surface area contributed by atoms with Crippen LogP contribution in [-0.4, -0.2) is 47.5 Å². The van der Waals surface area contributed by atoms with Crippen molar-refractivity contribution < 1.29 is 32.8 Å². The Hall–Kier alpha value is -4.19. The molecule has 0 saturated heterocycles. The lowest BCUT2D eigenvalue weighted by atomic mass is 9.50. The Morgan fingerprint density at radius 3 is 2.24 bits per heavy atom. The Bertz CT molecular complexity index is 2000. The first-order chi connectivity index (χ1) is 24.4. The average molecular weight is 759 g/mol. The van der Waals surface area contributed by atoms with Gasteiger partial charge in [-0.2, -0.15) is 0 Å². The van der Waals surface area contributed by atoms with Gasteiger partial charge in [-0.3, -0.25) is 19.3 Å². The Kier molecular flexibility index (Phi) is 9.49. The molecule has 11 heteroatoms. The molecule has 4 aromatic rings. The third-order valence-electron chi connectivity index (χ3n) is 10.8. The highest BCUT2D eigenvalue weighted by Crippen LogP contribution is 2.59. The van der Waals surface area contributed by atoms with Crippen LogP contribution in [0.15, 0.2) is 69.7 Å². The number of hydrogen-bond donors (Lipinski definition) is 1. The van der Waals surface area contributed by atoms with E-state index in [1.807, 2.05) is 93.5 Å². The third kappa shape index (κ3) is 5.93. The minimum Gasteiger partial charge on any atom is -0.488 e. The number of Topliss-reactive ketones (excluding diaryl/α,β-unsaturated/α-hetero) is 3. The summed E-state index contributed by atoms with van der Waals surface area (Å²) >= 11 is 3.50. The van der Waals surface area contributed by atoms with E-state index in [9.17, 15) is 14.4 Å². The summed E-state index contributed by atoms with van der Waals surface area (Å²) in [4.78, 5) is 46.5. The minimum atomic E-state index is -1.57. The van der Waals surface area contributed by atoms with Crippen molar-refractivity contribution in [1.82, 2.24) is 15.4 Å². The number of fused-ring (bicyclic) bond motifs is 4. The van der Waals surface area contributed by atoms with Crippen LogP contribution in [0.2, 0.25) is 0 Å². The summed E-state index contributed by atoms with van der Waals surface area (Å²) in [7, 11) is 3.73. The summed E-state index contributed by atoms with van der Waals surface area (Å²) in [5.74, 6) is -3.49. The first kappa shape index (κ1) is 35.2. The third-order valence-corrected chi connectivity index (χ3v) is 11.6. The number of rotatable bonds is 10. The minimum absolute atomic E-state index is 0.0268. The van der Waals surface area contributed by atoms with Gasteiger partial charge in [-0.1, -0.05) is 74.5 Å². The predicted octanol–water partition coefficient (Wildman–Crippen LogP) is 7.30. The Morgan fingerprint density at radius 1 is 1.00 bits per heavy atom. The number of ketones is 3. The zero-order chi connectivity index (χ0) is 36.2. The molecule has 7 rings (SSSR count). The highest BCUT2D eigenvalue weighted by molar-refractivity contribution is 9.10. The molecule has 1 aromatic heterocycles. The molecule has 3 aromatic carbocycles.